The molecular formula is C26H26N8O2. The van der Waals surface area contributed by atoms with Crippen molar-refractivity contribution >= 4 is 45.5 Å². The quantitative estimate of drug-likeness (QED) is 0.335. The summed E-state index contributed by atoms with van der Waals surface area (Å²) in [6.07, 6.45) is 4.95. The predicted molar refractivity (Wildman–Crippen MR) is 142 cm³/mol. The molecule has 0 bridgehead atoms. The first kappa shape index (κ1) is 22.9. The van der Waals surface area contributed by atoms with Gasteiger partial charge >= 0.3 is 0 Å². The van der Waals surface area contributed by atoms with Gasteiger partial charge in [0.1, 0.15) is 5.75 Å². The second-order valence-electron chi connectivity index (χ2n) is 8.43. The Hall–Kier alpha value is -4.86. The van der Waals surface area contributed by atoms with Crippen molar-refractivity contribution < 1.29 is 9.53 Å². The minimum Gasteiger partial charge on any atom is -0.494 e. The van der Waals surface area contributed by atoms with Crippen LogP contribution in [0.15, 0.2) is 67.5 Å². The average Bonchev–Trinajstić information content (AvgIpc) is 3.48. The smallest absolute Gasteiger partial charge is 0.247 e. The monoisotopic (exact) mass is 482 g/mol. The van der Waals surface area contributed by atoms with E-state index in [2.05, 4.69) is 44.0 Å². The van der Waals surface area contributed by atoms with Gasteiger partial charge in [-0.15, -0.1) is 0 Å². The molecule has 0 aliphatic carbocycles. The number of carbonyl (C=O) groups excluding carboxylic acids is 1. The molecule has 0 atom stereocenters. The number of ether oxygens (including phenoxy) is 1. The van der Waals surface area contributed by atoms with E-state index in [1.165, 1.54) is 6.08 Å². The molecule has 0 spiro atoms. The van der Waals surface area contributed by atoms with E-state index in [-0.39, 0.29) is 5.91 Å². The highest BCUT2D eigenvalue weighted by Crippen LogP contribution is 2.38. The molecule has 0 saturated carbocycles. The fourth-order valence-electron chi connectivity index (χ4n) is 4.19. The van der Waals surface area contributed by atoms with Gasteiger partial charge in [-0.05, 0) is 18.2 Å². The van der Waals surface area contributed by atoms with E-state index in [4.69, 9.17) is 9.72 Å². The van der Waals surface area contributed by atoms with Crippen molar-refractivity contribution in [3.05, 3.63) is 67.5 Å². The molecule has 10 heteroatoms. The lowest BCUT2D eigenvalue weighted by molar-refractivity contribution is -0.111. The number of aryl methyl sites for hydroxylation is 1. The Morgan fingerprint density at radius 2 is 1.94 bits per heavy atom. The summed E-state index contributed by atoms with van der Waals surface area (Å²) in [5, 5.41) is 11.6. The molecule has 2 N–H and O–H groups in total. The first-order valence-corrected chi connectivity index (χ1v) is 11.3. The van der Waals surface area contributed by atoms with Gasteiger partial charge in [0.25, 0.3) is 0 Å². The molecule has 5 rings (SSSR count). The molecule has 1 amide bonds. The molecule has 182 valence electrons. The highest BCUT2D eigenvalue weighted by Gasteiger charge is 2.18. The third kappa shape index (κ3) is 3.98. The molecule has 0 aliphatic rings. The van der Waals surface area contributed by atoms with Crippen LogP contribution in [0.3, 0.4) is 0 Å². The number of anilines is 4. The van der Waals surface area contributed by atoms with Crippen LogP contribution in [0.2, 0.25) is 0 Å². The number of hydrogen-bond acceptors (Lipinski definition) is 7. The molecule has 2 aromatic carbocycles. The highest BCUT2D eigenvalue weighted by molar-refractivity contribution is 6.02. The maximum atomic E-state index is 12.1. The molecule has 0 aliphatic heterocycles. The van der Waals surface area contributed by atoms with Crippen molar-refractivity contribution in [3.8, 4) is 17.1 Å². The van der Waals surface area contributed by atoms with Gasteiger partial charge in [-0.25, -0.2) is 0 Å². The van der Waals surface area contributed by atoms with Crippen molar-refractivity contribution in [2.45, 2.75) is 0 Å². The summed E-state index contributed by atoms with van der Waals surface area (Å²) >= 11 is 0. The van der Waals surface area contributed by atoms with Crippen LogP contribution < -0.4 is 20.3 Å². The van der Waals surface area contributed by atoms with Crippen LogP contribution in [0.25, 0.3) is 27.9 Å². The number of nitrogens with zero attached hydrogens (tertiary/aromatic N) is 6. The summed E-state index contributed by atoms with van der Waals surface area (Å²) in [6, 6.07) is 13.6. The number of benzene rings is 2. The van der Waals surface area contributed by atoms with Crippen molar-refractivity contribution in [2.24, 2.45) is 7.05 Å². The lowest BCUT2D eigenvalue weighted by Crippen LogP contribution is -2.16. The summed E-state index contributed by atoms with van der Waals surface area (Å²) in [4.78, 5) is 23.4. The SMILES string of the molecule is C=CC(=O)Nc1cc(Nc2nc(-c3cn(C)c4ccccc34)n3nccc3n2)c(OC)cc1N(C)C. The molecule has 0 radical (unpaired) electrons. The highest BCUT2D eigenvalue weighted by atomic mass is 16.5. The van der Waals surface area contributed by atoms with Gasteiger partial charge < -0.3 is 24.8 Å². The van der Waals surface area contributed by atoms with Crippen LogP contribution in [0.1, 0.15) is 0 Å². The Kier molecular flexibility index (Phi) is 5.77. The first-order valence-electron chi connectivity index (χ1n) is 11.3. The van der Waals surface area contributed by atoms with Crippen LogP contribution in [0.5, 0.6) is 5.75 Å². The summed E-state index contributed by atoms with van der Waals surface area (Å²) in [5.74, 6) is 1.26. The zero-order valence-electron chi connectivity index (χ0n) is 20.5. The van der Waals surface area contributed by atoms with E-state index in [0.717, 1.165) is 22.2 Å². The van der Waals surface area contributed by atoms with Crippen LogP contribution in [0, 0.1) is 0 Å². The minimum atomic E-state index is -0.315. The molecule has 0 fully saturated rings. The Morgan fingerprint density at radius 1 is 1.14 bits per heavy atom. The number of para-hydroxylation sites is 1. The van der Waals surface area contributed by atoms with E-state index in [1.807, 2.05) is 56.5 Å². The van der Waals surface area contributed by atoms with Crippen molar-refractivity contribution in [2.75, 3.05) is 36.7 Å². The standard InChI is InChI=1S/C26H26N8O2/c1-6-24(35)28-18-13-19(22(36-5)14-21(18)32(2)3)29-26-30-23-11-12-27-34(23)25(31-26)17-15-33(4)20-10-8-7-9-16(17)20/h6-15H,1H2,2-5H3,(H,28,35)(H,29,30). The third-order valence-electron chi connectivity index (χ3n) is 5.88. The number of fused-ring (bicyclic) bond motifs is 2. The number of methoxy groups -OCH3 is 1. The zero-order chi connectivity index (χ0) is 25.4. The van der Waals surface area contributed by atoms with Crippen LogP contribution >= 0.6 is 0 Å². The summed E-state index contributed by atoms with van der Waals surface area (Å²) in [7, 11) is 7.37. The van der Waals surface area contributed by atoms with Crippen LogP contribution in [-0.2, 0) is 11.8 Å². The number of hydrogen-bond donors (Lipinski definition) is 2. The van der Waals surface area contributed by atoms with Gasteiger partial charge in [-0.2, -0.15) is 19.6 Å². The fraction of sp³-hybridized carbons (Fsp3) is 0.154. The lowest BCUT2D eigenvalue weighted by Gasteiger charge is -2.21. The maximum absolute atomic E-state index is 12.1. The Labute approximate surface area is 207 Å². The van der Waals surface area contributed by atoms with Crippen LogP contribution in [-0.4, -0.2) is 51.3 Å². The van der Waals surface area contributed by atoms with Gasteiger partial charge in [0.2, 0.25) is 11.9 Å². The molecule has 3 heterocycles. The minimum absolute atomic E-state index is 0.315. The number of aromatic nitrogens is 5. The largest absolute Gasteiger partial charge is 0.494 e. The van der Waals surface area contributed by atoms with Gasteiger partial charge in [0.05, 0.1) is 30.4 Å². The fourth-order valence-corrected chi connectivity index (χ4v) is 4.19. The molecule has 36 heavy (non-hydrogen) atoms. The molecule has 5 aromatic rings. The van der Waals surface area contributed by atoms with Crippen molar-refractivity contribution in [1.29, 1.82) is 0 Å². The third-order valence-corrected chi connectivity index (χ3v) is 5.88. The van der Waals surface area contributed by atoms with E-state index in [0.29, 0.717) is 34.5 Å². The topological polar surface area (TPSA) is 102 Å². The van der Waals surface area contributed by atoms with Gasteiger partial charge in [-0.1, -0.05) is 24.8 Å². The van der Waals surface area contributed by atoms with Gasteiger partial charge in [0, 0.05) is 55.9 Å². The van der Waals surface area contributed by atoms with E-state index in [9.17, 15) is 4.79 Å². The molecule has 3 aromatic heterocycles. The molecule has 10 nitrogen and oxygen atoms in total. The number of rotatable bonds is 7. The normalized spacial score (nSPS) is 11.0. The average molecular weight is 483 g/mol. The Balaban J connectivity index is 1.64. The second kappa shape index (κ2) is 9.06. The second-order valence-corrected chi connectivity index (χ2v) is 8.43. The zero-order valence-corrected chi connectivity index (χ0v) is 20.5. The summed E-state index contributed by atoms with van der Waals surface area (Å²) < 4.78 is 9.42. The predicted octanol–water partition coefficient (Wildman–Crippen LogP) is 4.23. The van der Waals surface area contributed by atoms with E-state index < -0.39 is 0 Å². The van der Waals surface area contributed by atoms with Crippen molar-refractivity contribution in [3.63, 3.8) is 0 Å². The molecule has 0 unspecified atom stereocenters. The number of carbonyl (C=O) groups is 1. The Bertz CT molecular complexity index is 1620. The van der Waals surface area contributed by atoms with Crippen LogP contribution in [0.4, 0.5) is 23.0 Å². The lowest BCUT2D eigenvalue weighted by atomic mass is 10.1. The molecular weight excluding hydrogens is 456 g/mol. The van der Waals surface area contributed by atoms with E-state index >= 15 is 0 Å². The molecule has 0 saturated heterocycles. The maximum Gasteiger partial charge on any atom is 0.247 e. The van der Waals surface area contributed by atoms with Crippen molar-refractivity contribution in [1.82, 2.24) is 24.1 Å². The summed E-state index contributed by atoms with van der Waals surface area (Å²) in [5.41, 5.74) is 4.62. The Morgan fingerprint density at radius 3 is 2.69 bits per heavy atom. The summed E-state index contributed by atoms with van der Waals surface area (Å²) in [6.45, 7) is 3.54. The number of amides is 1. The first-order chi connectivity index (χ1) is 17.4. The van der Waals surface area contributed by atoms with Gasteiger partial charge in [-0.3, -0.25) is 4.79 Å². The van der Waals surface area contributed by atoms with E-state index in [1.54, 1.807) is 23.9 Å². The van der Waals surface area contributed by atoms with Gasteiger partial charge in [0.15, 0.2) is 11.5 Å². The number of nitrogens with one attached hydrogen (secondary N) is 2.